The molecule has 2 aromatic rings. The maximum absolute atomic E-state index is 13.6. The Morgan fingerprint density at radius 1 is 1.30 bits per heavy atom. The Morgan fingerprint density at radius 3 is 2.67 bits per heavy atom. The number of hydrogen-bond acceptors (Lipinski definition) is 7. The van der Waals surface area contributed by atoms with E-state index < -0.39 is 33.7 Å². The summed E-state index contributed by atoms with van der Waals surface area (Å²) in [5.41, 5.74) is -0.150. The third-order valence-corrected chi connectivity index (χ3v) is 5.10. The lowest BCUT2D eigenvalue weighted by atomic mass is 10.2. The van der Waals surface area contributed by atoms with Gasteiger partial charge >= 0.3 is 6.36 Å². The molecule has 0 saturated heterocycles. The molecule has 0 radical (unpaired) electrons. The van der Waals surface area contributed by atoms with Gasteiger partial charge in [-0.1, -0.05) is 6.08 Å². The minimum atomic E-state index is -4.97. The lowest BCUT2D eigenvalue weighted by molar-refractivity contribution is -0.274. The Balaban J connectivity index is 1.80. The quantitative estimate of drug-likeness (QED) is 0.521. The van der Waals surface area contributed by atoms with Crippen LogP contribution in [0.3, 0.4) is 0 Å². The van der Waals surface area contributed by atoms with Crippen molar-refractivity contribution in [1.29, 1.82) is 0 Å². The molecule has 1 aliphatic rings. The summed E-state index contributed by atoms with van der Waals surface area (Å²) in [5, 5.41) is 6.18. The lowest BCUT2D eigenvalue weighted by Gasteiger charge is -2.15. The second kappa shape index (κ2) is 9.73. The van der Waals surface area contributed by atoms with E-state index in [2.05, 4.69) is 25.3 Å². The van der Waals surface area contributed by atoms with Gasteiger partial charge in [-0.15, -0.1) is 13.2 Å². The summed E-state index contributed by atoms with van der Waals surface area (Å²) in [7, 11) is -3.35. The van der Waals surface area contributed by atoms with Crippen molar-refractivity contribution in [3.63, 3.8) is 0 Å². The SMILES string of the molecule is CS(=O)(=O)/C=C/CNC(=O)c1cnc(C2CC2)nc1NCc1cc(F)ccc1OC(F)(F)F. The minimum Gasteiger partial charge on any atom is -0.405 e. The zero-order chi connectivity index (χ0) is 24.2. The molecule has 1 aromatic heterocycles. The largest absolute Gasteiger partial charge is 0.573 e. The number of carbonyl (C=O) groups is 1. The van der Waals surface area contributed by atoms with Crippen molar-refractivity contribution in [3.8, 4) is 5.75 Å². The van der Waals surface area contributed by atoms with Crippen LogP contribution in [0.15, 0.2) is 35.9 Å². The fourth-order valence-corrected chi connectivity index (χ4v) is 3.24. The van der Waals surface area contributed by atoms with Gasteiger partial charge in [-0.25, -0.2) is 22.8 Å². The molecule has 3 rings (SSSR count). The summed E-state index contributed by atoms with van der Waals surface area (Å²) < 4.78 is 77.9. The molecule has 0 bridgehead atoms. The highest BCUT2D eigenvalue weighted by Gasteiger charge is 2.32. The van der Waals surface area contributed by atoms with E-state index in [0.717, 1.165) is 42.7 Å². The molecule has 1 aliphatic carbocycles. The van der Waals surface area contributed by atoms with E-state index in [1.165, 1.54) is 12.3 Å². The number of aromatic nitrogens is 2. The van der Waals surface area contributed by atoms with Crippen LogP contribution in [0.25, 0.3) is 0 Å². The Hall–Kier alpha value is -3.22. The van der Waals surface area contributed by atoms with Gasteiger partial charge in [-0.2, -0.15) is 0 Å². The predicted octanol–water partition coefficient (Wildman–Crippen LogP) is 3.29. The van der Waals surface area contributed by atoms with Gasteiger partial charge in [0.25, 0.3) is 5.91 Å². The molecule has 0 unspecified atom stereocenters. The third kappa shape index (κ3) is 7.70. The Bertz CT molecular complexity index is 1170. The van der Waals surface area contributed by atoms with Crippen molar-refractivity contribution >= 4 is 21.6 Å². The lowest BCUT2D eigenvalue weighted by Crippen LogP contribution is -2.25. The van der Waals surface area contributed by atoms with Crippen LogP contribution < -0.4 is 15.4 Å². The fourth-order valence-electron chi connectivity index (χ4n) is 2.79. The van der Waals surface area contributed by atoms with E-state index in [0.29, 0.717) is 5.82 Å². The molecule has 0 atom stereocenters. The number of alkyl halides is 3. The number of amides is 1. The third-order valence-electron chi connectivity index (χ3n) is 4.41. The second-order valence-electron chi connectivity index (χ2n) is 7.33. The first-order valence-corrected chi connectivity index (χ1v) is 11.7. The van der Waals surface area contributed by atoms with Gasteiger partial charge in [0.2, 0.25) is 0 Å². The molecule has 1 fully saturated rings. The van der Waals surface area contributed by atoms with Gasteiger partial charge < -0.3 is 15.4 Å². The van der Waals surface area contributed by atoms with E-state index in [1.54, 1.807) is 0 Å². The Kier molecular flexibility index (Phi) is 7.20. The van der Waals surface area contributed by atoms with Crippen molar-refractivity contribution in [2.75, 3.05) is 18.1 Å². The highest BCUT2D eigenvalue weighted by molar-refractivity contribution is 7.93. The normalized spacial score (nSPS) is 14.3. The molecule has 178 valence electrons. The van der Waals surface area contributed by atoms with Crippen molar-refractivity contribution < 1.29 is 35.5 Å². The van der Waals surface area contributed by atoms with Crippen LogP contribution in [0.5, 0.6) is 5.75 Å². The topological polar surface area (TPSA) is 110 Å². The Morgan fingerprint density at radius 2 is 2.03 bits per heavy atom. The average molecular weight is 488 g/mol. The Labute approximate surface area is 187 Å². The summed E-state index contributed by atoms with van der Waals surface area (Å²) in [4.78, 5) is 21.0. The number of anilines is 1. The van der Waals surface area contributed by atoms with Gasteiger partial charge in [0, 0.05) is 42.4 Å². The van der Waals surface area contributed by atoms with Gasteiger partial charge in [-0.05, 0) is 31.0 Å². The summed E-state index contributed by atoms with van der Waals surface area (Å²) in [6.45, 7) is -0.415. The standard InChI is InChI=1S/C20H20F4N4O4S/c1-33(30,31)8-2-7-25-19(29)15-11-27-17(12-3-4-12)28-18(15)26-10-13-9-14(21)5-6-16(13)32-20(22,23)24/h2,5-6,8-9,11-12H,3-4,7,10H2,1H3,(H,25,29)(H,26,27,28)/b8-2+. The highest BCUT2D eigenvalue weighted by atomic mass is 32.2. The van der Waals surface area contributed by atoms with Crippen molar-refractivity contribution in [2.45, 2.75) is 31.7 Å². The molecule has 0 spiro atoms. The van der Waals surface area contributed by atoms with Crippen LogP contribution >= 0.6 is 0 Å². The zero-order valence-corrected chi connectivity index (χ0v) is 18.1. The number of ether oxygens (including phenoxy) is 1. The molecular weight excluding hydrogens is 468 g/mol. The molecule has 2 N–H and O–H groups in total. The molecule has 33 heavy (non-hydrogen) atoms. The predicted molar refractivity (Wildman–Crippen MR) is 111 cm³/mol. The van der Waals surface area contributed by atoms with Crippen LogP contribution in [0.4, 0.5) is 23.4 Å². The first kappa shape index (κ1) is 24.4. The molecule has 13 heteroatoms. The van der Waals surface area contributed by atoms with Crippen molar-refractivity contribution in [1.82, 2.24) is 15.3 Å². The summed E-state index contributed by atoms with van der Waals surface area (Å²) >= 11 is 0. The van der Waals surface area contributed by atoms with E-state index in [1.807, 2.05) is 0 Å². The first-order chi connectivity index (χ1) is 15.4. The number of hydrogen-bond donors (Lipinski definition) is 2. The van der Waals surface area contributed by atoms with E-state index >= 15 is 0 Å². The first-order valence-electron chi connectivity index (χ1n) is 9.71. The molecule has 1 heterocycles. The van der Waals surface area contributed by atoms with Gasteiger partial charge in [0.15, 0.2) is 9.84 Å². The second-order valence-corrected chi connectivity index (χ2v) is 9.26. The smallest absolute Gasteiger partial charge is 0.405 e. The number of rotatable bonds is 9. The van der Waals surface area contributed by atoms with Crippen LogP contribution in [0, 0.1) is 5.82 Å². The fraction of sp³-hybridized carbons (Fsp3) is 0.350. The van der Waals surface area contributed by atoms with Crippen molar-refractivity contribution in [3.05, 3.63) is 58.6 Å². The number of carbonyl (C=O) groups excluding carboxylic acids is 1. The number of nitrogens with zero attached hydrogens (tertiary/aromatic N) is 2. The maximum Gasteiger partial charge on any atom is 0.573 e. The monoisotopic (exact) mass is 488 g/mol. The molecule has 1 aromatic carbocycles. The summed E-state index contributed by atoms with van der Waals surface area (Å²) in [6, 6.07) is 2.58. The van der Waals surface area contributed by atoms with Gasteiger partial charge in [0.05, 0.1) is 0 Å². The number of nitrogens with one attached hydrogen (secondary N) is 2. The number of benzene rings is 1. The summed E-state index contributed by atoms with van der Waals surface area (Å²) in [6.07, 6.45) is 0.292. The maximum atomic E-state index is 13.6. The highest BCUT2D eigenvalue weighted by Crippen LogP contribution is 2.38. The van der Waals surface area contributed by atoms with Crippen LogP contribution in [0.1, 0.15) is 40.5 Å². The number of sulfone groups is 1. The molecule has 0 aliphatic heterocycles. The van der Waals surface area contributed by atoms with Crippen LogP contribution in [-0.2, 0) is 16.4 Å². The van der Waals surface area contributed by atoms with E-state index in [9.17, 15) is 30.8 Å². The van der Waals surface area contributed by atoms with E-state index in [4.69, 9.17) is 0 Å². The molecule has 1 amide bonds. The zero-order valence-electron chi connectivity index (χ0n) is 17.3. The van der Waals surface area contributed by atoms with Crippen LogP contribution in [-0.4, -0.2) is 43.5 Å². The summed E-state index contributed by atoms with van der Waals surface area (Å²) in [5.74, 6) is -1.36. The molecule has 1 saturated carbocycles. The minimum absolute atomic E-state index is 0.0122. The molecule has 8 nitrogen and oxygen atoms in total. The average Bonchev–Trinajstić information content (AvgIpc) is 3.55. The number of halogens is 4. The van der Waals surface area contributed by atoms with Crippen LogP contribution in [0.2, 0.25) is 0 Å². The van der Waals surface area contributed by atoms with Crippen molar-refractivity contribution in [2.24, 2.45) is 0 Å². The van der Waals surface area contributed by atoms with E-state index in [-0.39, 0.29) is 36.0 Å². The van der Waals surface area contributed by atoms with Gasteiger partial charge in [-0.3, -0.25) is 4.79 Å². The molecular formula is C20H20F4N4O4S. The van der Waals surface area contributed by atoms with Gasteiger partial charge in [0.1, 0.15) is 28.8 Å².